The molecule has 45 heavy (non-hydrogen) atoms. The molecule has 0 spiro atoms. The van der Waals surface area contributed by atoms with Gasteiger partial charge in [0.05, 0.1) is 32.5 Å². The van der Waals surface area contributed by atoms with E-state index in [1.165, 1.54) is 6.33 Å². The molecular weight excluding hydrogens is 666 g/mol. The van der Waals surface area contributed by atoms with Crippen LogP contribution in [0.4, 0.5) is 5.82 Å². The first-order valence-corrected chi connectivity index (χ1v) is 19.4. The number of aromatic nitrogens is 9. The minimum absolute atomic E-state index is 0.0256. The molecule has 17 nitrogen and oxygen atoms in total. The van der Waals surface area contributed by atoms with Crippen LogP contribution in [-0.4, -0.2) is 80.4 Å². The van der Waals surface area contributed by atoms with Gasteiger partial charge in [0, 0.05) is 30.3 Å². The highest BCUT2D eigenvalue weighted by Gasteiger charge is 2.49. The van der Waals surface area contributed by atoms with Crippen LogP contribution < -0.4 is 5.73 Å². The number of nitrogen functional groups attached to an aromatic ring is 1. The lowest BCUT2D eigenvalue weighted by molar-refractivity contribution is -0.0395. The highest BCUT2D eigenvalue weighted by Crippen LogP contribution is 2.58. The van der Waals surface area contributed by atoms with Gasteiger partial charge in [-0.25, -0.2) is 34.5 Å². The zero-order valence-electron chi connectivity index (χ0n) is 23.6. The lowest BCUT2D eigenvalue weighted by atomic mass is 9.70. The van der Waals surface area contributed by atoms with E-state index in [9.17, 15) is 9.46 Å². The highest BCUT2D eigenvalue weighted by molar-refractivity contribution is 8.44. The number of nitrogens with zero attached hydrogens (tertiary/aromatic N) is 9. The summed E-state index contributed by atoms with van der Waals surface area (Å²) in [6.07, 6.45) is 8.09. The largest absolute Gasteiger partial charge is 0.386 e. The maximum absolute atomic E-state index is 13.4. The summed E-state index contributed by atoms with van der Waals surface area (Å²) in [7, 11) is 0. The van der Waals surface area contributed by atoms with Crippen molar-refractivity contribution in [1.29, 1.82) is 0 Å². The molecule has 1 aliphatic carbocycles. The van der Waals surface area contributed by atoms with E-state index >= 15 is 0 Å². The molecule has 21 heteroatoms. The average molecular weight is 695 g/mol. The van der Waals surface area contributed by atoms with E-state index < -0.39 is 32.0 Å². The number of thiol groups is 1. The van der Waals surface area contributed by atoms with Crippen LogP contribution in [0.3, 0.4) is 0 Å². The Morgan fingerprint density at radius 3 is 2.62 bits per heavy atom. The number of hydrogen-bond donors (Lipinski definition) is 3. The molecule has 0 bridgehead atoms. The maximum Gasteiger partial charge on any atom is 0.386 e. The number of nitrogens with two attached hydrogens (primary N) is 1. The summed E-state index contributed by atoms with van der Waals surface area (Å²) >= 11 is 9.73. The molecule has 2 aliphatic heterocycles. The minimum atomic E-state index is -3.86. The zero-order chi connectivity index (χ0) is 31.1. The first kappa shape index (κ1) is 29.8. The predicted octanol–water partition coefficient (Wildman–Crippen LogP) is 2.92. The fourth-order valence-corrected chi connectivity index (χ4v) is 9.17. The molecule has 7 heterocycles. The Bertz CT molecular complexity index is 2020. The third-order valence-electron chi connectivity index (χ3n) is 8.80. The SMILES string of the molecule is C[C@@H]1[C@@H]2OP(O)(=S)OC[C@H]3C[C@@H](n4cnc5c(N)ncnc54)[C@@H]3COP(=O)(S)OC[C@H]2O[C@H]1n1cnc2c1ncn1ccnc21. The van der Waals surface area contributed by atoms with Crippen LogP contribution in [0, 0.1) is 17.8 Å². The van der Waals surface area contributed by atoms with Gasteiger partial charge < -0.3 is 33.5 Å². The Morgan fingerprint density at radius 1 is 0.978 bits per heavy atom. The quantitative estimate of drug-likeness (QED) is 0.180. The van der Waals surface area contributed by atoms with Gasteiger partial charge in [-0.1, -0.05) is 19.2 Å². The van der Waals surface area contributed by atoms with Gasteiger partial charge in [0.2, 0.25) is 0 Å². The summed E-state index contributed by atoms with van der Waals surface area (Å²) in [5.41, 5.74) is 8.82. The van der Waals surface area contributed by atoms with Crippen LogP contribution in [0.5, 0.6) is 0 Å². The van der Waals surface area contributed by atoms with Crippen molar-refractivity contribution in [2.75, 3.05) is 25.6 Å². The van der Waals surface area contributed by atoms with E-state index in [0.717, 1.165) is 0 Å². The third kappa shape index (κ3) is 5.19. The Labute approximate surface area is 265 Å². The number of ether oxygens (including phenoxy) is 1. The number of fused-ring (bicyclic) bond motifs is 6. The van der Waals surface area contributed by atoms with Crippen LogP contribution in [0.2, 0.25) is 0 Å². The van der Waals surface area contributed by atoms with Crippen LogP contribution >= 0.6 is 25.8 Å². The second-order valence-electron chi connectivity index (χ2n) is 11.4. The summed E-state index contributed by atoms with van der Waals surface area (Å²) in [4.78, 5) is 37.4. The van der Waals surface area contributed by atoms with E-state index in [1.54, 1.807) is 40.3 Å². The van der Waals surface area contributed by atoms with Crippen molar-refractivity contribution in [2.45, 2.75) is 37.8 Å². The van der Waals surface area contributed by atoms with Gasteiger partial charge in [-0.2, -0.15) is 0 Å². The smallest absolute Gasteiger partial charge is 0.382 e. The minimum Gasteiger partial charge on any atom is -0.382 e. The molecule has 0 amide bonds. The Hall–Kier alpha value is -2.57. The fourth-order valence-electron chi connectivity index (χ4n) is 6.44. The van der Waals surface area contributed by atoms with Gasteiger partial charge in [0.15, 0.2) is 28.3 Å². The molecule has 2 saturated heterocycles. The van der Waals surface area contributed by atoms with Crippen molar-refractivity contribution in [3.8, 4) is 0 Å². The summed E-state index contributed by atoms with van der Waals surface area (Å²) in [6, 6.07) is -0.140. The van der Waals surface area contributed by atoms with Crippen molar-refractivity contribution >= 4 is 71.4 Å². The van der Waals surface area contributed by atoms with Gasteiger partial charge >= 0.3 is 13.5 Å². The van der Waals surface area contributed by atoms with Gasteiger partial charge in [-0.15, -0.1) is 0 Å². The van der Waals surface area contributed by atoms with Crippen molar-refractivity contribution in [2.24, 2.45) is 17.8 Å². The first-order chi connectivity index (χ1) is 21.6. The molecule has 5 aromatic rings. The van der Waals surface area contributed by atoms with Crippen molar-refractivity contribution in [3.63, 3.8) is 0 Å². The van der Waals surface area contributed by atoms with E-state index in [0.29, 0.717) is 34.4 Å². The van der Waals surface area contributed by atoms with Crippen molar-refractivity contribution in [1.82, 2.24) is 43.4 Å². The van der Waals surface area contributed by atoms with Crippen LogP contribution in [0.15, 0.2) is 37.7 Å². The van der Waals surface area contributed by atoms with Crippen LogP contribution in [0.1, 0.15) is 25.6 Å². The fraction of sp³-hybridized carbons (Fsp3) is 0.500. The highest BCUT2D eigenvalue weighted by atomic mass is 32.7. The second-order valence-corrected chi connectivity index (χ2v) is 17.1. The lowest BCUT2D eigenvalue weighted by Gasteiger charge is -2.45. The number of anilines is 1. The molecule has 3 N–H and O–H groups in total. The number of rotatable bonds is 2. The summed E-state index contributed by atoms with van der Waals surface area (Å²) in [5.74, 6) is -0.460. The summed E-state index contributed by atoms with van der Waals surface area (Å²) in [6.45, 7) is -5.84. The van der Waals surface area contributed by atoms with Crippen LogP contribution in [0.25, 0.3) is 28.0 Å². The number of hydrogen-bond acceptors (Lipinski definition) is 14. The normalized spacial score (nSPS) is 36.2. The van der Waals surface area contributed by atoms with Gasteiger partial charge in [0.1, 0.15) is 36.6 Å². The van der Waals surface area contributed by atoms with Gasteiger partial charge in [-0.05, 0) is 24.1 Å². The zero-order valence-corrected chi connectivity index (χ0v) is 27.1. The maximum atomic E-state index is 13.4. The van der Waals surface area contributed by atoms with E-state index in [4.69, 9.17) is 40.4 Å². The molecule has 3 aliphatic rings. The van der Waals surface area contributed by atoms with Gasteiger partial charge in [0.25, 0.3) is 0 Å². The molecular formula is C24H28N10O7P2S2. The molecule has 9 atom stereocenters. The Morgan fingerprint density at radius 2 is 1.76 bits per heavy atom. The topological polar surface area (TPSA) is 201 Å². The molecule has 8 rings (SSSR count). The van der Waals surface area contributed by atoms with Crippen molar-refractivity contribution < 1.29 is 32.3 Å². The molecule has 3 fully saturated rings. The Balaban J connectivity index is 1.05. The third-order valence-corrected chi connectivity index (χ3v) is 12.0. The molecule has 0 radical (unpaired) electrons. The molecule has 5 aromatic heterocycles. The van der Waals surface area contributed by atoms with Crippen molar-refractivity contribution in [3.05, 3.63) is 37.7 Å². The lowest BCUT2D eigenvalue weighted by Crippen LogP contribution is -2.43. The monoisotopic (exact) mass is 694 g/mol. The molecule has 0 aromatic carbocycles. The van der Waals surface area contributed by atoms with E-state index in [1.807, 2.05) is 11.5 Å². The standard InChI is InChI=1S/C24H28N10O7P2S2/c1-12-19-16(40-24(12)34-11-30-18-21-26-2-3-32(21)9-31-23(18)34)7-39-42(35,44)38-6-14-13(5-37-43(36,45)41-19)4-15(14)33-10-29-17-20(25)27-8-28-22(17)33/h2-3,8-16,19,24H,4-7H2,1H3,(H,35,44)(H,36,45)(H2,25,27,28)/t12-,13-,14-,15-,16-,19+,24-,42?,43?/m1/s1. The second kappa shape index (κ2) is 11.0. The number of imidazole rings is 3. The molecule has 2 unspecified atom stereocenters. The predicted molar refractivity (Wildman–Crippen MR) is 166 cm³/mol. The average Bonchev–Trinajstić information content (AvgIpc) is 3.77. The molecule has 238 valence electrons. The summed E-state index contributed by atoms with van der Waals surface area (Å²) in [5, 5.41) is 0. The Kier molecular flexibility index (Phi) is 7.29. The van der Waals surface area contributed by atoms with Gasteiger partial charge in [-0.3, -0.25) is 13.5 Å². The molecule has 1 saturated carbocycles. The summed E-state index contributed by atoms with van der Waals surface area (Å²) < 4.78 is 48.8. The van der Waals surface area contributed by atoms with E-state index in [2.05, 4.69) is 42.2 Å². The van der Waals surface area contributed by atoms with E-state index in [-0.39, 0.29) is 49.4 Å². The van der Waals surface area contributed by atoms with Crippen LogP contribution in [-0.2, 0) is 39.2 Å². The first-order valence-electron chi connectivity index (χ1n) is 14.1.